The first-order chi connectivity index (χ1) is 8.39. The largest absolute Gasteiger partial charge is 0.342 e. The maximum absolute atomic E-state index is 11.7. The van der Waals surface area contributed by atoms with E-state index in [-0.39, 0.29) is 5.91 Å². The van der Waals surface area contributed by atoms with E-state index in [1.807, 2.05) is 18.9 Å². The van der Waals surface area contributed by atoms with Crippen molar-refractivity contribution in [2.75, 3.05) is 13.6 Å². The molecule has 0 aromatic rings. The summed E-state index contributed by atoms with van der Waals surface area (Å²) in [7, 11) is 1.90. The zero-order valence-corrected chi connectivity index (χ0v) is 12.5. The number of carbonyl (C=O) groups is 1. The Kier molecular flexibility index (Phi) is 5.18. The van der Waals surface area contributed by atoms with Crippen LogP contribution in [0.15, 0.2) is 23.8 Å². The molecule has 18 heavy (non-hydrogen) atoms. The molecule has 0 saturated heterocycles. The Bertz CT molecular complexity index is 352. The average Bonchev–Trinajstić information content (AvgIpc) is 2.88. The third kappa shape index (κ3) is 4.32. The lowest BCUT2D eigenvalue weighted by molar-refractivity contribution is -0.125. The van der Waals surface area contributed by atoms with Gasteiger partial charge in [0.2, 0.25) is 5.91 Å². The number of likely N-dealkylation sites (N-methyl/N-ethyl adjacent to an activating group) is 1. The van der Waals surface area contributed by atoms with Crippen molar-refractivity contribution in [1.82, 2.24) is 4.90 Å². The van der Waals surface area contributed by atoms with Crippen LogP contribution >= 0.6 is 0 Å². The number of hydrogen-bond donors (Lipinski definition) is 0. The fraction of sp³-hybridized carbons (Fsp3) is 0.688. The van der Waals surface area contributed by atoms with Gasteiger partial charge in [0, 0.05) is 13.6 Å². The zero-order chi connectivity index (χ0) is 13.8. The minimum absolute atomic E-state index is 0.121. The SMILES string of the molecule is C/C=C/C(=O)N(C)CC1C[C@]1(C)CCC=C(C)C. The molecule has 1 unspecified atom stereocenters. The van der Waals surface area contributed by atoms with Crippen LogP contribution in [0.2, 0.25) is 0 Å². The van der Waals surface area contributed by atoms with Gasteiger partial charge in [0.1, 0.15) is 0 Å². The molecule has 1 saturated carbocycles. The first-order valence-electron chi connectivity index (χ1n) is 6.90. The molecule has 1 rings (SSSR count). The highest BCUT2D eigenvalue weighted by molar-refractivity contribution is 5.87. The molecule has 0 aromatic heterocycles. The molecule has 0 heterocycles. The highest BCUT2D eigenvalue weighted by atomic mass is 16.2. The van der Waals surface area contributed by atoms with Crippen LogP contribution in [0.4, 0.5) is 0 Å². The van der Waals surface area contributed by atoms with Gasteiger partial charge in [-0.1, -0.05) is 24.6 Å². The number of amides is 1. The highest BCUT2D eigenvalue weighted by Gasteiger charge is 2.49. The van der Waals surface area contributed by atoms with E-state index in [0.717, 1.165) is 6.54 Å². The summed E-state index contributed by atoms with van der Waals surface area (Å²) in [6, 6.07) is 0. The molecule has 2 atom stereocenters. The summed E-state index contributed by atoms with van der Waals surface area (Å²) in [5.41, 5.74) is 1.85. The van der Waals surface area contributed by atoms with E-state index in [4.69, 9.17) is 0 Å². The second kappa shape index (κ2) is 6.21. The minimum atomic E-state index is 0.121. The van der Waals surface area contributed by atoms with Crippen molar-refractivity contribution >= 4 is 5.91 Å². The van der Waals surface area contributed by atoms with Crippen molar-refractivity contribution in [1.29, 1.82) is 0 Å². The van der Waals surface area contributed by atoms with Crippen LogP contribution in [-0.2, 0) is 4.79 Å². The van der Waals surface area contributed by atoms with Crippen molar-refractivity contribution in [3.63, 3.8) is 0 Å². The van der Waals surface area contributed by atoms with Gasteiger partial charge in [-0.2, -0.15) is 0 Å². The number of nitrogens with zero attached hydrogens (tertiary/aromatic N) is 1. The van der Waals surface area contributed by atoms with Crippen molar-refractivity contribution < 1.29 is 4.79 Å². The van der Waals surface area contributed by atoms with Crippen LogP contribution < -0.4 is 0 Å². The molecule has 1 aliphatic rings. The maximum atomic E-state index is 11.7. The van der Waals surface area contributed by atoms with Gasteiger partial charge in [0.05, 0.1) is 0 Å². The first-order valence-corrected chi connectivity index (χ1v) is 6.90. The average molecular weight is 249 g/mol. The lowest BCUT2D eigenvalue weighted by Crippen LogP contribution is -2.28. The van der Waals surface area contributed by atoms with Crippen molar-refractivity contribution in [3.8, 4) is 0 Å². The third-order valence-electron chi connectivity index (χ3n) is 3.99. The van der Waals surface area contributed by atoms with E-state index in [1.54, 1.807) is 12.2 Å². The van der Waals surface area contributed by atoms with Gasteiger partial charge in [-0.15, -0.1) is 0 Å². The van der Waals surface area contributed by atoms with Gasteiger partial charge in [-0.25, -0.2) is 0 Å². The Balaban J connectivity index is 2.35. The minimum Gasteiger partial charge on any atom is -0.342 e. The van der Waals surface area contributed by atoms with Crippen LogP contribution in [0.3, 0.4) is 0 Å². The summed E-state index contributed by atoms with van der Waals surface area (Å²) < 4.78 is 0. The Morgan fingerprint density at radius 1 is 1.44 bits per heavy atom. The lowest BCUT2D eigenvalue weighted by atomic mass is 9.98. The zero-order valence-electron chi connectivity index (χ0n) is 12.5. The van der Waals surface area contributed by atoms with Gasteiger partial charge < -0.3 is 4.90 Å². The van der Waals surface area contributed by atoms with Crippen LogP contribution in [0.5, 0.6) is 0 Å². The van der Waals surface area contributed by atoms with Crippen LogP contribution in [0, 0.1) is 11.3 Å². The molecule has 2 nitrogen and oxygen atoms in total. The standard InChI is InChI=1S/C16H27NO/c1-6-8-15(18)17(5)12-14-11-16(14,4)10-7-9-13(2)3/h6,8-9,14H,7,10-12H2,1-5H3/b8-6+/t14?,16-/m0/s1. The predicted molar refractivity (Wildman–Crippen MR) is 77.3 cm³/mol. The van der Waals surface area contributed by atoms with E-state index >= 15 is 0 Å². The fourth-order valence-electron chi connectivity index (χ4n) is 2.48. The number of carbonyl (C=O) groups excluding carboxylic acids is 1. The van der Waals surface area contributed by atoms with Crippen molar-refractivity contribution in [3.05, 3.63) is 23.8 Å². The Hall–Kier alpha value is -1.05. The third-order valence-corrected chi connectivity index (χ3v) is 3.99. The molecule has 0 spiro atoms. The summed E-state index contributed by atoms with van der Waals surface area (Å²) >= 11 is 0. The number of allylic oxidation sites excluding steroid dienone is 3. The van der Waals surface area contributed by atoms with E-state index in [2.05, 4.69) is 26.8 Å². The molecule has 1 amide bonds. The van der Waals surface area contributed by atoms with E-state index in [0.29, 0.717) is 11.3 Å². The van der Waals surface area contributed by atoms with Crippen LogP contribution in [0.1, 0.15) is 47.0 Å². The molecular weight excluding hydrogens is 222 g/mol. The summed E-state index contributed by atoms with van der Waals surface area (Å²) in [6.07, 6.45) is 9.44. The Labute approximate surface area is 112 Å². The molecule has 102 valence electrons. The Morgan fingerprint density at radius 2 is 2.11 bits per heavy atom. The number of rotatable bonds is 6. The van der Waals surface area contributed by atoms with Crippen LogP contribution in [0.25, 0.3) is 0 Å². The molecule has 0 aliphatic heterocycles. The van der Waals surface area contributed by atoms with E-state index in [1.165, 1.54) is 24.8 Å². The van der Waals surface area contributed by atoms with Crippen molar-refractivity contribution in [2.45, 2.75) is 47.0 Å². The smallest absolute Gasteiger partial charge is 0.245 e. The highest BCUT2D eigenvalue weighted by Crippen LogP contribution is 2.55. The normalized spacial score (nSPS) is 26.2. The second-order valence-electron chi connectivity index (χ2n) is 6.09. The monoisotopic (exact) mass is 249 g/mol. The maximum Gasteiger partial charge on any atom is 0.245 e. The second-order valence-corrected chi connectivity index (χ2v) is 6.09. The van der Waals surface area contributed by atoms with Crippen molar-refractivity contribution in [2.24, 2.45) is 11.3 Å². The topological polar surface area (TPSA) is 20.3 Å². The summed E-state index contributed by atoms with van der Waals surface area (Å²) in [5.74, 6) is 0.804. The summed E-state index contributed by atoms with van der Waals surface area (Å²) in [4.78, 5) is 13.5. The van der Waals surface area contributed by atoms with Gasteiger partial charge in [0.15, 0.2) is 0 Å². The molecule has 1 aliphatic carbocycles. The Morgan fingerprint density at radius 3 is 2.67 bits per heavy atom. The fourth-order valence-corrected chi connectivity index (χ4v) is 2.48. The van der Waals surface area contributed by atoms with Gasteiger partial charge in [-0.05, 0) is 57.4 Å². The van der Waals surface area contributed by atoms with E-state index < -0.39 is 0 Å². The summed E-state index contributed by atoms with van der Waals surface area (Å²) in [5, 5.41) is 0. The molecular formula is C16H27NO. The van der Waals surface area contributed by atoms with Gasteiger partial charge in [-0.3, -0.25) is 4.79 Å². The molecule has 1 fully saturated rings. The summed E-state index contributed by atoms with van der Waals surface area (Å²) in [6.45, 7) is 9.43. The molecule has 2 heteroatoms. The van der Waals surface area contributed by atoms with E-state index in [9.17, 15) is 4.79 Å². The lowest BCUT2D eigenvalue weighted by Gasteiger charge is -2.17. The first kappa shape index (κ1) is 15.0. The number of hydrogen-bond acceptors (Lipinski definition) is 1. The molecule has 0 N–H and O–H groups in total. The molecule has 0 bridgehead atoms. The van der Waals surface area contributed by atoms with Gasteiger partial charge >= 0.3 is 0 Å². The molecule has 0 aromatic carbocycles. The van der Waals surface area contributed by atoms with Crippen LogP contribution in [-0.4, -0.2) is 24.4 Å². The predicted octanol–water partition coefficient (Wildman–Crippen LogP) is 3.79. The molecule has 0 radical (unpaired) electrons. The quantitative estimate of drug-likeness (QED) is 0.518. The van der Waals surface area contributed by atoms with Gasteiger partial charge in [0.25, 0.3) is 0 Å².